The van der Waals surface area contributed by atoms with E-state index >= 15 is 0 Å². The SMILES string of the molecule is NS(=O)(=O)c1ccc(CCN[C@H]2CC(=O)N(c3ccccc3F)C2=O)cc1. The molecule has 2 aromatic carbocycles. The van der Waals surface area contributed by atoms with E-state index in [2.05, 4.69) is 5.32 Å². The number of imide groups is 1. The highest BCUT2D eigenvalue weighted by atomic mass is 32.2. The van der Waals surface area contributed by atoms with E-state index in [1.54, 1.807) is 18.2 Å². The summed E-state index contributed by atoms with van der Waals surface area (Å²) in [7, 11) is -3.74. The lowest BCUT2D eigenvalue weighted by Gasteiger charge is -2.16. The van der Waals surface area contributed by atoms with Gasteiger partial charge in [0.2, 0.25) is 15.9 Å². The highest BCUT2D eigenvalue weighted by molar-refractivity contribution is 7.89. The number of carbonyl (C=O) groups excluding carboxylic acids is 2. The highest BCUT2D eigenvalue weighted by Crippen LogP contribution is 2.25. The van der Waals surface area contributed by atoms with Crippen molar-refractivity contribution < 1.29 is 22.4 Å². The molecule has 1 atom stereocenters. The predicted molar refractivity (Wildman–Crippen MR) is 96.8 cm³/mol. The van der Waals surface area contributed by atoms with Crippen LogP contribution in [0.1, 0.15) is 12.0 Å². The van der Waals surface area contributed by atoms with E-state index in [1.807, 2.05) is 0 Å². The van der Waals surface area contributed by atoms with Crippen LogP contribution in [0, 0.1) is 5.82 Å². The quantitative estimate of drug-likeness (QED) is 0.712. The molecule has 7 nitrogen and oxygen atoms in total. The lowest BCUT2D eigenvalue weighted by Crippen LogP contribution is -2.39. The number of primary sulfonamides is 1. The molecule has 142 valence electrons. The van der Waals surface area contributed by atoms with Crippen molar-refractivity contribution in [1.29, 1.82) is 0 Å². The Kier molecular flexibility index (Phi) is 5.36. The molecule has 0 saturated carbocycles. The number of nitrogens with two attached hydrogens (primary N) is 1. The third-order valence-electron chi connectivity index (χ3n) is 4.30. The molecule has 1 aliphatic rings. The molecular weight excluding hydrogens is 373 g/mol. The summed E-state index contributed by atoms with van der Waals surface area (Å²) < 4.78 is 36.4. The molecule has 0 aromatic heterocycles. The zero-order valence-corrected chi connectivity index (χ0v) is 15.1. The summed E-state index contributed by atoms with van der Waals surface area (Å²) in [6, 6.07) is 11.0. The van der Waals surface area contributed by atoms with Crippen molar-refractivity contribution >= 4 is 27.5 Å². The van der Waals surface area contributed by atoms with Crippen LogP contribution < -0.4 is 15.4 Å². The maximum absolute atomic E-state index is 13.9. The zero-order chi connectivity index (χ0) is 19.6. The minimum absolute atomic E-state index is 0.0244. The summed E-state index contributed by atoms with van der Waals surface area (Å²) in [5.41, 5.74) is 0.799. The molecule has 2 amide bonds. The molecule has 2 aromatic rings. The molecule has 0 unspecified atom stereocenters. The van der Waals surface area contributed by atoms with Crippen molar-refractivity contribution in [2.75, 3.05) is 11.4 Å². The van der Waals surface area contributed by atoms with Crippen molar-refractivity contribution in [3.05, 3.63) is 59.9 Å². The van der Waals surface area contributed by atoms with Gasteiger partial charge in [-0.15, -0.1) is 0 Å². The number of carbonyl (C=O) groups is 2. The number of nitrogens with one attached hydrogen (secondary N) is 1. The highest BCUT2D eigenvalue weighted by Gasteiger charge is 2.40. The molecule has 3 N–H and O–H groups in total. The molecule has 1 fully saturated rings. The number of nitrogens with zero attached hydrogens (tertiary/aromatic N) is 1. The van der Waals surface area contributed by atoms with Gasteiger partial charge in [0.15, 0.2) is 0 Å². The van der Waals surface area contributed by atoms with E-state index in [9.17, 15) is 22.4 Å². The topological polar surface area (TPSA) is 110 Å². The van der Waals surface area contributed by atoms with Gasteiger partial charge in [0, 0.05) is 0 Å². The minimum Gasteiger partial charge on any atom is -0.305 e. The fourth-order valence-corrected chi connectivity index (χ4v) is 3.43. The van der Waals surface area contributed by atoms with Crippen LogP contribution in [0.25, 0.3) is 0 Å². The van der Waals surface area contributed by atoms with Gasteiger partial charge in [-0.1, -0.05) is 24.3 Å². The summed E-state index contributed by atoms with van der Waals surface area (Å²) >= 11 is 0. The van der Waals surface area contributed by atoms with Gasteiger partial charge in [-0.3, -0.25) is 9.59 Å². The van der Waals surface area contributed by atoms with Crippen LogP contribution in [0.3, 0.4) is 0 Å². The van der Waals surface area contributed by atoms with Gasteiger partial charge in [0.1, 0.15) is 5.82 Å². The molecule has 0 radical (unpaired) electrons. The van der Waals surface area contributed by atoms with Crippen LogP contribution in [0.15, 0.2) is 53.4 Å². The number of anilines is 1. The monoisotopic (exact) mass is 391 g/mol. The van der Waals surface area contributed by atoms with E-state index < -0.39 is 33.7 Å². The lowest BCUT2D eigenvalue weighted by atomic mass is 10.1. The van der Waals surface area contributed by atoms with E-state index in [1.165, 1.54) is 30.3 Å². The average Bonchev–Trinajstić information content (AvgIpc) is 2.89. The van der Waals surface area contributed by atoms with Crippen molar-refractivity contribution in [2.45, 2.75) is 23.8 Å². The van der Waals surface area contributed by atoms with Crippen LogP contribution in [0.5, 0.6) is 0 Å². The maximum atomic E-state index is 13.9. The zero-order valence-electron chi connectivity index (χ0n) is 14.3. The average molecular weight is 391 g/mol. The fourth-order valence-electron chi connectivity index (χ4n) is 2.91. The second-order valence-electron chi connectivity index (χ2n) is 6.17. The van der Waals surface area contributed by atoms with Crippen molar-refractivity contribution in [2.24, 2.45) is 5.14 Å². The van der Waals surface area contributed by atoms with Gasteiger partial charge in [-0.25, -0.2) is 22.8 Å². The summed E-state index contributed by atoms with van der Waals surface area (Å²) in [6.07, 6.45) is 0.472. The Morgan fingerprint density at radius 3 is 2.41 bits per heavy atom. The first-order valence-electron chi connectivity index (χ1n) is 8.24. The number of amides is 2. The summed E-state index contributed by atoms with van der Waals surface area (Å²) in [5.74, 6) is -1.58. The molecule has 0 aliphatic carbocycles. The standard InChI is InChI=1S/C18H18FN3O4S/c19-14-3-1-2-4-16(14)22-17(23)11-15(18(22)24)21-10-9-12-5-7-13(8-6-12)27(20,25)26/h1-8,15,21H,9-11H2,(H2,20,25,26)/t15-/m0/s1. The Labute approximate surface area is 156 Å². The van der Waals surface area contributed by atoms with Crippen LogP contribution >= 0.6 is 0 Å². The molecule has 27 heavy (non-hydrogen) atoms. The smallest absolute Gasteiger partial charge is 0.251 e. The van der Waals surface area contributed by atoms with Crippen LogP contribution in [0.2, 0.25) is 0 Å². The number of rotatable bonds is 6. The molecular formula is C18H18FN3O4S. The summed E-state index contributed by atoms with van der Waals surface area (Å²) in [6.45, 7) is 0.392. The Morgan fingerprint density at radius 1 is 1.11 bits per heavy atom. The maximum Gasteiger partial charge on any atom is 0.251 e. The van der Waals surface area contributed by atoms with Crippen LogP contribution in [0.4, 0.5) is 10.1 Å². The summed E-state index contributed by atoms with van der Waals surface area (Å²) in [5, 5.41) is 8.05. The van der Waals surface area contributed by atoms with Gasteiger partial charge < -0.3 is 5.32 Å². The van der Waals surface area contributed by atoms with E-state index in [0.717, 1.165) is 10.5 Å². The van der Waals surface area contributed by atoms with Gasteiger partial charge in [-0.2, -0.15) is 0 Å². The molecule has 1 aliphatic heterocycles. The van der Waals surface area contributed by atoms with Crippen molar-refractivity contribution in [1.82, 2.24) is 5.32 Å². The van der Waals surface area contributed by atoms with Gasteiger partial charge in [0.05, 0.1) is 23.0 Å². The molecule has 1 saturated heterocycles. The van der Waals surface area contributed by atoms with E-state index in [-0.39, 0.29) is 17.0 Å². The number of hydrogen-bond donors (Lipinski definition) is 2. The third-order valence-corrected chi connectivity index (χ3v) is 5.23. The number of benzene rings is 2. The van der Waals surface area contributed by atoms with E-state index in [0.29, 0.717) is 13.0 Å². The predicted octanol–water partition coefficient (Wildman–Crippen LogP) is 0.937. The lowest BCUT2D eigenvalue weighted by molar-refractivity contribution is -0.121. The number of hydrogen-bond acceptors (Lipinski definition) is 5. The molecule has 1 heterocycles. The van der Waals surface area contributed by atoms with Crippen molar-refractivity contribution in [3.8, 4) is 0 Å². The number of halogens is 1. The van der Waals surface area contributed by atoms with Gasteiger partial charge in [0.25, 0.3) is 5.91 Å². The molecule has 9 heteroatoms. The van der Waals surface area contributed by atoms with E-state index in [4.69, 9.17) is 5.14 Å². The Hall–Kier alpha value is -2.62. The number of para-hydroxylation sites is 1. The largest absolute Gasteiger partial charge is 0.305 e. The van der Waals surface area contributed by atoms with Crippen molar-refractivity contribution in [3.63, 3.8) is 0 Å². The second-order valence-corrected chi connectivity index (χ2v) is 7.73. The summed E-state index contributed by atoms with van der Waals surface area (Å²) in [4.78, 5) is 25.5. The Morgan fingerprint density at radius 2 is 1.78 bits per heavy atom. The van der Waals surface area contributed by atoms with Crippen LogP contribution in [-0.4, -0.2) is 32.8 Å². The normalized spacial score (nSPS) is 17.6. The molecule has 0 spiro atoms. The Bertz CT molecular complexity index is 976. The molecule has 0 bridgehead atoms. The van der Waals surface area contributed by atoms with Gasteiger partial charge in [-0.05, 0) is 42.8 Å². The number of sulfonamides is 1. The van der Waals surface area contributed by atoms with Crippen LogP contribution in [-0.2, 0) is 26.0 Å². The first-order valence-corrected chi connectivity index (χ1v) is 9.78. The minimum atomic E-state index is -3.74. The van der Waals surface area contributed by atoms with Gasteiger partial charge >= 0.3 is 0 Å². The second kappa shape index (κ2) is 7.55. The molecule has 3 rings (SSSR count). The Balaban J connectivity index is 1.60. The first kappa shape index (κ1) is 19.2. The third kappa shape index (κ3) is 4.21. The fraction of sp³-hybridized carbons (Fsp3) is 0.222. The first-order chi connectivity index (χ1) is 12.8.